The number of piperidine rings is 1. The molecule has 2 heterocycles. The normalized spacial score (nSPS) is 32.1. The van der Waals surface area contributed by atoms with E-state index in [0.717, 1.165) is 37.0 Å². The molecule has 1 aromatic rings. The van der Waals surface area contributed by atoms with Crippen molar-refractivity contribution in [3.8, 4) is 0 Å². The first-order valence-corrected chi connectivity index (χ1v) is 7.57. The van der Waals surface area contributed by atoms with Gasteiger partial charge in [0.1, 0.15) is 0 Å². The fraction of sp³-hybridized carbons (Fsp3) is 0.769. The molecule has 1 saturated heterocycles. The lowest BCUT2D eigenvalue weighted by Crippen LogP contribution is -2.50. The van der Waals surface area contributed by atoms with Gasteiger partial charge in [-0.1, -0.05) is 6.92 Å². The Bertz CT molecular complexity index is 420. The fourth-order valence-electron chi connectivity index (χ4n) is 3.55. The van der Waals surface area contributed by atoms with Crippen molar-refractivity contribution in [3.63, 3.8) is 0 Å². The summed E-state index contributed by atoms with van der Waals surface area (Å²) in [6.07, 6.45) is 7.71. The van der Waals surface area contributed by atoms with Gasteiger partial charge in [0, 0.05) is 12.6 Å². The molecule has 0 N–H and O–H groups in total. The Hall–Kier alpha value is -0.970. The number of nitrogens with zero attached hydrogens (tertiary/aromatic N) is 3. The maximum absolute atomic E-state index is 12.4. The van der Waals surface area contributed by atoms with Crippen LogP contribution in [0.4, 0.5) is 0 Å². The molecule has 98 valence electrons. The fourth-order valence-corrected chi connectivity index (χ4v) is 3.96. The zero-order valence-electron chi connectivity index (χ0n) is 10.7. The predicted octanol–water partition coefficient (Wildman–Crippen LogP) is 2.58. The molecule has 2 aliphatic rings. The highest BCUT2D eigenvalue weighted by Crippen LogP contribution is 2.38. The van der Waals surface area contributed by atoms with E-state index in [9.17, 15) is 4.79 Å². The molecule has 1 saturated carbocycles. The topological polar surface area (TPSA) is 46.1 Å². The predicted molar refractivity (Wildman–Crippen MR) is 70.5 cm³/mol. The van der Waals surface area contributed by atoms with Crippen LogP contribution < -0.4 is 0 Å². The second-order valence-corrected chi connectivity index (χ2v) is 6.24. The van der Waals surface area contributed by atoms with Gasteiger partial charge in [-0.3, -0.25) is 4.79 Å². The Morgan fingerprint density at radius 1 is 1.44 bits per heavy atom. The van der Waals surface area contributed by atoms with Crippen LogP contribution in [-0.4, -0.2) is 32.1 Å². The molecule has 4 nitrogen and oxygen atoms in total. The molecule has 2 fully saturated rings. The second kappa shape index (κ2) is 4.96. The van der Waals surface area contributed by atoms with Gasteiger partial charge in [-0.15, -0.1) is 0 Å². The summed E-state index contributed by atoms with van der Waals surface area (Å²) < 4.78 is 8.02. The maximum atomic E-state index is 12.4. The third-order valence-corrected chi connectivity index (χ3v) is 4.90. The van der Waals surface area contributed by atoms with Gasteiger partial charge in [-0.2, -0.15) is 8.75 Å². The summed E-state index contributed by atoms with van der Waals surface area (Å²) in [5, 5.41) is 0. The molecule has 5 heteroatoms. The van der Waals surface area contributed by atoms with Crippen molar-refractivity contribution in [2.24, 2.45) is 11.8 Å². The number of hydrogen-bond donors (Lipinski definition) is 0. The molecule has 3 atom stereocenters. The zero-order chi connectivity index (χ0) is 12.5. The minimum atomic E-state index is 0.0907. The quantitative estimate of drug-likeness (QED) is 0.784. The standard InChI is InChI=1S/C13H19N3OS/c1-9-4-5-12-10(7-9)3-2-6-16(12)13(17)11-8-14-18-15-11/h8-10,12H,2-7H2,1H3/t9-,10-,12+/m1/s1. The minimum absolute atomic E-state index is 0.0907. The van der Waals surface area contributed by atoms with Gasteiger partial charge in [0.25, 0.3) is 5.91 Å². The van der Waals surface area contributed by atoms with E-state index in [4.69, 9.17) is 0 Å². The Morgan fingerprint density at radius 3 is 3.11 bits per heavy atom. The second-order valence-electron chi connectivity index (χ2n) is 5.68. The van der Waals surface area contributed by atoms with Gasteiger partial charge in [-0.05, 0) is 43.9 Å². The van der Waals surface area contributed by atoms with E-state index in [0.29, 0.717) is 17.7 Å². The molecule has 0 unspecified atom stereocenters. The lowest BCUT2D eigenvalue weighted by molar-refractivity contribution is 0.0318. The molecule has 0 radical (unpaired) electrons. The number of hydrogen-bond acceptors (Lipinski definition) is 4. The highest BCUT2D eigenvalue weighted by molar-refractivity contribution is 6.99. The molecule has 1 aromatic heterocycles. The Balaban J connectivity index is 1.77. The molecule has 1 aliphatic carbocycles. The first-order chi connectivity index (χ1) is 8.75. The van der Waals surface area contributed by atoms with E-state index in [1.165, 1.54) is 19.3 Å². The van der Waals surface area contributed by atoms with Crippen LogP contribution in [0.5, 0.6) is 0 Å². The number of aromatic nitrogens is 2. The van der Waals surface area contributed by atoms with Crippen LogP contribution in [-0.2, 0) is 0 Å². The largest absolute Gasteiger partial charge is 0.334 e. The van der Waals surface area contributed by atoms with Crippen molar-refractivity contribution >= 4 is 17.6 Å². The Morgan fingerprint density at radius 2 is 2.33 bits per heavy atom. The van der Waals surface area contributed by atoms with Crippen LogP contribution in [0, 0.1) is 11.8 Å². The van der Waals surface area contributed by atoms with Crippen molar-refractivity contribution in [1.82, 2.24) is 13.6 Å². The van der Waals surface area contributed by atoms with Crippen LogP contribution in [0.1, 0.15) is 49.5 Å². The summed E-state index contributed by atoms with van der Waals surface area (Å²) in [6.45, 7) is 3.23. The van der Waals surface area contributed by atoms with Crippen LogP contribution >= 0.6 is 11.7 Å². The summed E-state index contributed by atoms with van der Waals surface area (Å²) in [4.78, 5) is 14.5. The number of likely N-dealkylation sites (tertiary alicyclic amines) is 1. The summed E-state index contributed by atoms with van der Waals surface area (Å²) in [6, 6.07) is 0.448. The number of fused-ring (bicyclic) bond motifs is 1. The highest BCUT2D eigenvalue weighted by atomic mass is 32.1. The lowest BCUT2D eigenvalue weighted by atomic mass is 9.74. The van der Waals surface area contributed by atoms with Crippen LogP contribution in [0.15, 0.2) is 6.20 Å². The summed E-state index contributed by atoms with van der Waals surface area (Å²) in [7, 11) is 0. The van der Waals surface area contributed by atoms with E-state index >= 15 is 0 Å². The first kappa shape index (κ1) is 12.1. The van der Waals surface area contributed by atoms with E-state index in [1.54, 1.807) is 6.20 Å². The van der Waals surface area contributed by atoms with Crippen molar-refractivity contribution in [2.75, 3.05) is 6.54 Å². The molecule has 18 heavy (non-hydrogen) atoms. The van der Waals surface area contributed by atoms with Gasteiger partial charge in [0.15, 0.2) is 5.69 Å². The minimum Gasteiger partial charge on any atom is -0.334 e. The Labute approximate surface area is 112 Å². The van der Waals surface area contributed by atoms with E-state index < -0.39 is 0 Å². The van der Waals surface area contributed by atoms with Crippen molar-refractivity contribution in [2.45, 2.75) is 45.1 Å². The smallest absolute Gasteiger partial charge is 0.275 e. The van der Waals surface area contributed by atoms with Gasteiger partial charge in [-0.25, -0.2) is 0 Å². The zero-order valence-corrected chi connectivity index (χ0v) is 11.5. The molecule has 3 rings (SSSR count). The molecule has 0 aromatic carbocycles. The highest BCUT2D eigenvalue weighted by Gasteiger charge is 2.38. The molecular formula is C13H19N3OS. The average Bonchev–Trinajstić information content (AvgIpc) is 2.90. The summed E-state index contributed by atoms with van der Waals surface area (Å²) in [5.74, 6) is 1.62. The SMILES string of the molecule is C[C@@H]1CC[C@H]2[C@H](CCCN2C(=O)c2cnsn2)C1. The van der Waals surface area contributed by atoms with Crippen LogP contribution in [0.2, 0.25) is 0 Å². The van der Waals surface area contributed by atoms with Crippen molar-refractivity contribution in [1.29, 1.82) is 0 Å². The van der Waals surface area contributed by atoms with Crippen LogP contribution in [0.3, 0.4) is 0 Å². The number of rotatable bonds is 1. The monoisotopic (exact) mass is 265 g/mol. The molecular weight excluding hydrogens is 246 g/mol. The van der Waals surface area contributed by atoms with Crippen LogP contribution in [0.25, 0.3) is 0 Å². The molecule has 1 aliphatic heterocycles. The van der Waals surface area contributed by atoms with Gasteiger partial charge in [0.2, 0.25) is 0 Å². The third-order valence-electron chi connectivity index (χ3n) is 4.42. The number of carbonyl (C=O) groups excluding carboxylic acids is 1. The molecule has 1 amide bonds. The van der Waals surface area contributed by atoms with Crippen molar-refractivity contribution in [3.05, 3.63) is 11.9 Å². The number of amides is 1. The Kier molecular flexibility index (Phi) is 3.33. The van der Waals surface area contributed by atoms with Crippen molar-refractivity contribution < 1.29 is 4.79 Å². The average molecular weight is 265 g/mol. The summed E-state index contributed by atoms with van der Waals surface area (Å²) in [5.41, 5.74) is 0.527. The van der Waals surface area contributed by atoms with Gasteiger partial charge in [0.05, 0.1) is 17.9 Å². The lowest BCUT2D eigenvalue weighted by Gasteiger charge is -2.45. The molecule has 0 spiro atoms. The van der Waals surface area contributed by atoms with E-state index in [2.05, 4.69) is 20.6 Å². The van der Waals surface area contributed by atoms with Gasteiger partial charge < -0.3 is 4.90 Å². The number of carbonyl (C=O) groups is 1. The van der Waals surface area contributed by atoms with E-state index in [1.807, 2.05) is 0 Å². The molecule has 0 bridgehead atoms. The van der Waals surface area contributed by atoms with E-state index in [-0.39, 0.29) is 5.91 Å². The third kappa shape index (κ3) is 2.16. The summed E-state index contributed by atoms with van der Waals surface area (Å²) >= 11 is 1.11. The van der Waals surface area contributed by atoms with Gasteiger partial charge >= 0.3 is 0 Å². The first-order valence-electron chi connectivity index (χ1n) is 6.84. The maximum Gasteiger partial charge on any atom is 0.275 e.